The zero-order valence-corrected chi connectivity index (χ0v) is 20.4. The lowest BCUT2D eigenvalue weighted by molar-refractivity contribution is 0.207. The van der Waals surface area contributed by atoms with Gasteiger partial charge < -0.3 is 14.2 Å². The predicted molar refractivity (Wildman–Crippen MR) is 132 cm³/mol. The molecule has 0 radical (unpaired) electrons. The summed E-state index contributed by atoms with van der Waals surface area (Å²) in [5.41, 5.74) is 2.29. The Morgan fingerprint density at radius 3 is 2.45 bits per heavy atom. The third-order valence-corrected chi connectivity index (χ3v) is 6.22. The number of nitrogens with zero attached hydrogens (tertiary/aromatic N) is 4. The predicted octanol–water partition coefficient (Wildman–Crippen LogP) is 5.83. The summed E-state index contributed by atoms with van der Waals surface area (Å²) in [7, 11) is 0. The van der Waals surface area contributed by atoms with Gasteiger partial charge in [0.2, 0.25) is 0 Å². The minimum absolute atomic E-state index is 0.400. The molecule has 0 aliphatic heterocycles. The number of ether oxygens (including phenoxy) is 3. The summed E-state index contributed by atoms with van der Waals surface area (Å²) in [4.78, 5) is 0. The molecule has 4 rings (SSSR count). The van der Waals surface area contributed by atoms with Crippen molar-refractivity contribution in [3.8, 4) is 17.2 Å². The van der Waals surface area contributed by atoms with Gasteiger partial charge in [-0.25, -0.2) is 4.68 Å². The highest BCUT2D eigenvalue weighted by Crippen LogP contribution is 2.37. The molecule has 1 heterocycles. The van der Waals surface area contributed by atoms with Gasteiger partial charge in [-0.1, -0.05) is 31.4 Å². The van der Waals surface area contributed by atoms with Gasteiger partial charge in [0.25, 0.3) is 0 Å². The fraction of sp³-hybridized carbons (Fsp3) is 0.400. The maximum Gasteiger partial charge on any atom is 0.175 e. The molecule has 174 valence electrons. The first-order chi connectivity index (χ1) is 16.2. The molecule has 3 aromatic rings. The lowest BCUT2D eigenvalue weighted by Gasteiger charge is -2.22. The number of hydrogen-bond acceptors (Lipinski definition) is 6. The van der Waals surface area contributed by atoms with Crippen LogP contribution < -0.4 is 14.2 Å². The lowest BCUT2D eigenvalue weighted by Crippen LogP contribution is -2.10. The van der Waals surface area contributed by atoms with Crippen LogP contribution in [0.4, 0.5) is 0 Å². The largest absolute Gasteiger partial charge is 0.490 e. The Morgan fingerprint density at radius 2 is 1.73 bits per heavy atom. The van der Waals surface area contributed by atoms with Crippen molar-refractivity contribution >= 4 is 22.1 Å². The van der Waals surface area contributed by atoms with E-state index in [4.69, 9.17) is 14.2 Å². The molecule has 1 aliphatic rings. The van der Waals surface area contributed by atoms with Crippen LogP contribution in [-0.4, -0.2) is 40.9 Å². The maximum atomic E-state index is 6.00. The Kier molecular flexibility index (Phi) is 8.35. The summed E-state index contributed by atoms with van der Waals surface area (Å²) < 4.78 is 20.0. The third kappa shape index (κ3) is 6.57. The third-order valence-electron chi connectivity index (χ3n) is 5.63. The molecule has 8 heteroatoms. The average molecular weight is 513 g/mol. The van der Waals surface area contributed by atoms with Gasteiger partial charge in [-0.3, -0.25) is 0 Å². The number of halogens is 1. The Bertz CT molecular complexity index is 1030. The van der Waals surface area contributed by atoms with E-state index in [0.717, 1.165) is 15.8 Å². The molecule has 1 aliphatic carbocycles. The minimum Gasteiger partial charge on any atom is -0.490 e. The first kappa shape index (κ1) is 23.3. The normalized spacial score (nSPS) is 14.5. The molecule has 0 bridgehead atoms. The number of aromatic nitrogens is 3. The molecule has 7 nitrogen and oxygen atoms in total. The van der Waals surface area contributed by atoms with E-state index >= 15 is 0 Å². The van der Waals surface area contributed by atoms with Gasteiger partial charge in [0, 0.05) is 0 Å². The maximum absolute atomic E-state index is 6.00. The Morgan fingerprint density at radius 1 is 1.00 bits per heavy atom. The summed E-state index contributed by atoms with van der Waals surface area (Å²) in [5, 5.41) is 11.8. The van der Waals surface area contributed by atoms with Crippen molar-refractivity contribution in [3.05, 3.63) is 64.7 Å². The van der Waals surface area contributed by atoms with Crippen molar-refractivity contribution in [2.45, 2.75) is 44.9 Å². The number of hydrogen-bond donors (Lipinski definition) is 0. The van der Waals surface area contributed by atoms with Crippen molar-refractivity contribution in [3.63, 3.8) is 0 Å². The van der Waals surface area contributed by atoms with E-state index in [1.54, 1.807) is 6.21 Å². The molecule has 0 N–H and O–H groups in total. The Balaban J connectivity index is 1.32. The highest BCUT2D eigenvalue weighted by atomic mass is 79.9. The first-order valence-corrected chi connectivity index (χ1v) is 12.2. The van der Waals surface area contributed by atoms with E-state index in [0.29, 0.717) is 37.2 Å². The molecule has 33 heavy (non-hydrogen) atoms. The van der Waals surface area contributed by atoms with E-state index in [2.05, 4.69) is 55.5 Å². The standard InChI is InChI=1S/C25H29BrN4O3/c1-2-31-24-15-19(16-29-30-17-27-28-18-30)14-23(26)25(24)33-13-12-32-22-10-8-21(9-11-22)20-6-4-3-5-7-20/h8-11,14-18,20H,2-7,12-13H2,1H3/b29-16-. The summed E-state index contributed by atoms with van der Waals surface area (Å²) in [6, 6.07) is 12.4. The molecule has 2 aromatic carbocycles. The van der Waals surface area contributed by atoms with Gasteiger partial charge in [0.05, 0.1) is 17.3 Å². The minimum atomic E-state index is 0.400. The Labute approximate surface area is 202 Å². The van der Waals surface area contributed by atoms with Crippen LogP contribution in [0.2, 0.25) is 0 Å². The van der Waals surface area contributed by atoms with E-state index in [-0.39, 0.29) is 0 Å². The van der Waals surface area contributed by atoms with Gasteiger partial charge in [-0.15, -0.1) is 10.2 Å². The van der Waals surface area contributed by atoms with Crippen molar-refractivity contribution in [1.29, 1.82) is 0 Å². The zero-order valence-electron chi connectivity index (χ0n) is 18.8. The molecule has 0 spiro atoms. The van der Waals surface area contributed by atoms with E-state index in [9.17, 15) is 0 Å². The van der Waals surface area contributed by atoms with E-state index in [1.807, 2.05) is 19.1 Å². The second kappa shape index (κ2) is 11.8. The van der Waals surface area contributed by atoms with Crippen molar-refractivity contribution in [2.24, 2.45) is 5.10 Å². The molecule has 1 saturated carbocycles. The van der Waals surface area contributed by atoms with Crippen molar-refractivity contribution < 1.29 is 14.2 Å². The fourth-order valence-electron chi connectivity index (χ4n) is 4.03. The lowest BCUT2D eigenvalue weighted by atomic mass is 9.84. The molecule has 1 aromatic heterocycles. The van der Waals surface area contributed by atoms with E-state index in [1.165, 1.54) is 55.0 Å². The molecule has 1 fully saturated rings. The van der Waals surface area contributed by atoms with Gasteiger partial charge in [-0.2, -0.15) is 5.10 Å². The van der Waals surface area contributed by atoms with Crippen LogP contribution in [0.15, 0.2) is 58.6 Å². The molecule has 0 atom stereocenters. The van der Waals surface area contributed by atoms with Crippen LogP contribution in [0, 0.1) is 0 Å². The molecule has 0 unspecified atom stereocenters. The zero-order chi connectivity index (χ0) is 22.9. The van der Waals surface area contributed by atoms with Crippen molar-refractivity contribution in [1.82, 2.24) is 14.9 Å². The summed E-state index contributed by atoms with van der Waals surface area (Å²) >= 11 is 3.59. The molecule has 0 saturated heterocycles. The summed E-state index contributed by atoms with van der Waals surface area (Å²) in [5.74, 6) is 2.86. The van der Waals surface area contributed by atoms with Crippen LogP contribution in [0.3, 0.4) is 0 Å². The van der Waals surface area contributed by atoms with Gasteiger partial charge >= 0.3 is 0 Å². The smallest absolute Gasteiger partial charge is 0.175 e. The summed E-state index contributed by atoms with van der Waals surface area (Å²) in [6.07, 6.45) is 11.4. The van der Waals surface area contributed by atoms with Crippen LogP contribution in [0.5, 0.6) is 17.2 Å². The molecule has 0 amide bonds. The summed E-state index contributed by atoms with van der Waals surface area (Å²) in [6.45, 7) is 3.31. The highest BCUT2D eigenvalue weighted by Gasteiger charge is 2.15. The van der Waals surface area contributed by atoms with Gasteiger partial charge in [0.1, 0.15) is 31.6 Å². The second-order valence-electron chi connectivity index (χ2n) is 7.95. The number of rotatable bonds is 10. The monoisotopic (exact) mass is 512 g/mol. The fourth-order valence-corrected chi connectivity index (χ4v) is 4.60. The topological polar surface area (TPSA) is 70.8 Å². The quantitative estimate of drug-likeness (QED) is 0.252. The first-order valence-electron chi connectivity index (χ1n) is 11.4. The SMILES string of the molecule is CCOc1cc(/C=N\n2cnnc2)cc(Br)c1OCCOc1ccc(C2CCCCC2)cc1. The van der Waals surface area contributed by atoms with Crippen molar-refractivity contribution in [2.75, 3.05) is 19.8 Å². The average Bonchev–Trinajstić information content (AvgIpc) is 3.37. The van der Waals surface area contributed by atoms with Crippen LogP contribution >= 0.6 is 15.9 Å². The van der Waals surface area contributed by atoms with Crippen LogP contribution in [-0.2, 0) is 0 Å². The molecular formula is C25H29BrN4O3. The molecular weight excluding hydrogens is 484 g/mol. The van der Waals surface area contributed by atoms with E-state index < -0.39 is 0 Å². The Hall–Kier alpha value is -2.87. The van der Waals surface area contributed by atoms with Gasteiger partial charge in [-0.05, 0) is 77.0 Å². The van der Waals surface area contributed by atoms with Crippen LogP contribution in [0.25, 0.3) is 0 Å². The van der Waals surface area contributed by atoms with Gasteiger partial charge in [0.15, 0.2) is 11.5 Å². The number of benzene rings is 2. The van der Waals surface area contributed by atoms with Crippen LogP contribution in [0.1, 0.15) is 56.1 Å². The highest BCUT2D eigenvalue weighted by molar-refractivity contribution is 9.10. The second-order valence-corrected chi connectivity index (χ2v) is 8.80.